The number of nitrogens with zero attached hydrogens (tertiary/aromatic N) is 5. The molecule has 2 aliphatic rings. The number of hydrogen-bond donors (Lipinski definition) is 2. The molecule has 2 N–H and O–H groups in total. The number of benzene rings is 1. The van der Waals surface area contributed by atoms with Gasteiger partial charge in [-0.05, 0) is 31.0 Å². The smallest absolute Gasteiger partial charge is 0.301 e. The summed E-state index contributed by atoms with van der Waals surface area (Å²) in [5.74, 6) is -0.768. The van der Waals surface area contributed by atoms with Crippen LogP contribution in [0.1, 0.15) is 28.8 Å². The van der Waals surface area contributed by atoms with Gasteiger partial charge in [-0.25, -0.2) is 19.3 Å². The summed E-state index contributed by atoms with van der Waals surface area (Å²) in [6.45, 7) is 3.45. The van der Waals surface area contributed by atoms with Gasteiger partial charge < -0.3 is 14.6 Å². The molecule has 4 aromatic rings. The molecular weight excluding hydrogens is 525 g/mol. The summed E-state index contributed by atoms with van der Waals surface area (Å²) in [6.07, 6.45) is 6.11. The van der Waals surface area contributed by atoms with Crippen LogP contribution in [0.2, 0.25) is 0 Å². The van der Waals surface area contributed by atoms with E-state index in [-0.39, 0.29) is 16.8 Å². The summed E-state index contributed by atoms with van der Waals surface area (Å²) < 4.78 is 49.8. The molecule has 0 radical (unpaired) electrons. The lowest BCUT2D eigenvalue weighted by Crippen LogP contribution is -2.36. The van der Waals surface area contributed by atoms with Gasteiger partial charge in [0.25, 0.3) is 0 Å². The Morgan fingerprint density at radius 3 is 2.62 bits per heavy atom. The normalized spacial score (nSPS) is 16.6. The average molecular weight is 552 g/mol. The monoisotopic (exact) mass is 551 g/mol. The fourth-order valence-corrected chi connectivity index (χ4v) is 6.17. The minimum absolute atomic E-state index is 0.209. The number of rotatable bonds is 7. The highest BCUT2D eigenvalue weighted by Crippen LogP contribution is 2.29. The van der Waals surface area contributed by atoms with Crippen LogP contribution in [-0.2, 0) is 14.9 Å². The van der Waals surface area contributed by atoms with E-state index in [9.17, 15) is 13.2 Å². The van der Waals surface area contributed by atoms with Crippen LogP contribution in [0.5, 0.6) is 0 Å². The van der Waals surface area contributed by atoms with Gasteiger partial charge in [0.2, 0.25) is 0 Å². The summed E-state index contributed by atoms with van der Waals surface area (Å²) in [4.78, 5) is 31.8. The lowest BCUT2D eigenvalue weighted by atomic mass is 10.0. The van der Waals surface area contributed by atoms with E-state index in [4.69, 9.17) is 4.74 Å². The number of pyridine rings is 1. The number of anilines is 2. The number of nitrogens with one attached hydrogen (secondary N) is 2. The zero-order valence-electron chi connectivity index (χ0n) is 20.9. The fourth-order valence-electron chi connectivity index (χ4n) is 4.86. The van der Waals surface area contributed by atoms with E-state index in [1.165, 1.54) is 35.0 Å². The Hall–Kier alpha value is -3.94. The van der Waals surface area contributed by atoms with Crippen LogP contribution < -0.4 is 9.62 Å². The minimum Gasteiger partial charge on any atom is -0.378 e. The number of carbonyl (C=O) groups excluding carboxylic acids is 1. The van der Waals surface area contributed by atoms with Crippen molar-refractivity contribution in [2.45, 2.75) is 12.8 Å². The van der Waals surface area contributed by atoms with Crippen LogP contribution in [0.3, 0.4) is 0 Å². The van der Waals surface area contributed by atoms with Crippen molar-refractivity contribution in [2.75, 3.05) is 49.0 Å². The number of ketones is 1. The van der Waals surface area contributed by atoms with Crippen LogP contribution >= 0.6 is 0 Å². The predicted octanol–water partition coefficient (Wildman–Crippen LogP) is 2.98. The molecule has 0 unspecified atom stereocenters. The van der Waals surface area contributed by atoms with Crippen LogP contribution in [0, 0.1) is 5.82 Å². The van der Waals surface area contributed by atoms with Crippen LogP contribution in [0.15, 0.2) is 49.1 Å². The molecule has 0 bridgehead atoms. The van der Waals surface area contributed by atoms with Gasteiger partial charge in [-0.1, -0.05) is 6.07 Å². The summed E-state index contributed by atoms with van der Waals surface area (Å²) in [5, 5.41) is 0.492. The summed E-state index contributed by atoms with van der Waals surface area (Å²) in [7, 11) is -3.92. The van der Waals surface area contributed by atoms with Crippen LogP contribution in [-0.4, -0.2) is 77.8 Å². The third-order valence-corrected chi connectivity index (χ3v) is 8.47. The second-order valence-corrected chi connectivity index (χ2v) is 11.1. The van der Waals surface area contributed by atoms with E-state index in [0.717, 1.165) is 31.7 Å². The maximum Gasteiger partial charge on any atom is 0.301 e. The molecular formula is C26H26FN7O4S. The molecule has 39 heavy (non-hydrogen) atoms. The van der Waals surface area contributed by atoms with Crippen molar-refractivity contribution in [3.05, 3.63) is 66.0 Å². The molecule has 2 fully saturated rings. The maximum absolute atomic E-state index is 15.5. The molecule has 6 rings (SSSR count). The third-order valence-electron chi connectivity index (χ3n) is 6.95. The zero-order chi connectivity index (χ0) is 27.0. The van der Waals surface area contributed by atoms with E-state index >= 15 is 4.39 Å². The highest BCUT2D eigenvalue weighted by atomic mass is 32.2. The van der Waals surface area contributed by atoms with Crippen molar-refractivity contribution >= 4 is 38.5 Å². The molecule has 2 aliphatic heterocycles. The summed E-state index contributed by atoms with van der Waals surface area (Å²) in [6, 6.07) is 7.72. The van der Waals surface area contributed by atoms with Crippen molar-refractivity contribution in [3.8, 4) is 11.3 Å². The largest absolute Gasteiger partial charge is 0.378 e. The van der Waals surface area contributed by atoms with Crippen LogP contribution in [0.25, 0.3) is 22.3 Å². The van der Waals surface area contributed by atoms with E-state index in [1.54, 1.807) is 12.3 Å². The molecule has 202 valence electrons. The fraction of sp³-hybridized carbons (Fsp3) is 0.308. The van der Waals surface area contributed by atoms with E-state index in [2.05, 4.69) is 29.6 Å². The molecule has 13 heteroatoms. The van der Waals surface area contributed by atoms with E-state index in [1.807, 2.05) is 6.07 Å². The minimum atomic E-state index is -3.92. The standard InChI is InChI=1S/C26H26FN7O4S/c27-24-18(4-3-5-21(24)32-39(36,37)34-6-1-2-7-34)25(35)20-15-29-26-19(20)12-17(14-28-26)22-13-23(31-16-30-22)33-8-10-38-11-9-33/h3-5,12-16,32H,1-2,6-11H2,(H,28,29). The van der Waals surface area contributed by atoms with Crippen LogP contribution in [0.4, 0.5) is 15.9 Å². The van der Waals surface area contributed by atoms with Gasteiger partial charge in [-0.3, -0.25) is 9.52 Å². The number of morpholine rings is 1. The molecule has 11 nitrogen and oxygen atoms in total. The highest BCUT2D eigenvalue weighted by Gasteiger charge is 2.28. The van der Waals surface area contributed by atoms with Crippen molar-refractivity contribution in [2.24, 2.45) is 0 Å². The Balaban J connectivity index is 1.31. The summed E-state index contributed by atoms with van der Waals surface area (Å²) in [5.41, 5.74) is 1.43. The summed E-state index contributed by atoms with van der Waals surface area (Å²) >= 11 is 0. The zero-order valence-corrected chi connectivity index (χ0v) is 21.7. The van der Waals surface area contributed by atoms with Gasteiger partial charge in [0.1, 0.15) is 17.8 Å². The first-order valence-corrected chi connectivity index (χ1v) is 14.1. The number of carbonyl (C=O) groups is 1. The van der Waals surface area contributed by atoms with Gasteiger partial charge in [0.05, 0.1) is 30.2 Å². The number of aromatic nitrogens is 4. The lowest BCUT2D eigenvalue weighted by Gasteiger charge is -2.27. The molecule has 0 amide bonds. The van der Waals surface area contributed by atoms with Gasteiger partial charge in [-0.15, -0.1) is 0 Å². The van der Waals surface area contributed by atoms with Crippen molar-refractivity contribution in [1.82, 2.24) is 24.2 Å². The Bertz CT molecular complexity index is 1650. The highest BCUT2D eigenvalue weighted by molar-refractivity contribution is 7.90. The molecule has 0 atom stereocenters. The Morgan fingerprint density at radius 1 is 1.03 bits per heavy atom. The first-order chi connectivity index (χ1) is 18.9. The number of aromatic amines is 1. The quantitative estimate of drug-likeness (QED) is 0.335. The van der Waals surface area contributed by atoms with Gasteiger partial charge >= 0.3 is 10.2 Å². The molecule has 0 saturated carbocycles. The van der Waals surface area contributed by atoms with Gasteiger partial charge in [0.15, 0.2) is 11.6 Å². The number of fused-ring (bicyclic) bond motifs is 1. The first kappa shape index (κ1) is 25.3. The number of ether oxygens (including phenoxy) is 1. The number of hydrogen-bond acceptors (Lipinski definition) is 8. The lowest BCUT2D eigenvalue weighted by molar-refractivity contribution is 0.103. The average Bonchev–Trinajstić information content (AvgIpc) is 3.65. The molecule has 2 saturated heterocycles. The topological polar surface area (TPSA) is 133 Å². The second-order valence-electron chi connectivity index (χ2n) is 9.39. The number of halogens is 1. The molecule has 1 aromatic carbocycles. The first-order valence-electron chi connectivity index (χ1n) is 12.6. The van der Waals surface area contributed by atoms with Crippen molar-refractivity contribution in [3.63, 3.8) is 0 Å². The Morgan fingerprint density at radius 2 is 1.82 bits per heavy atom. The van der Waals surface area contributed by atoms with Crippen molar-refractivity contribution < 1.29 is 22.3 Å². The Kier molecular flexibility index (Phi) is 6.71. The molecule has 3 aromatic heterocycles. The SMILES string of the molecule is O=C(c1cccc(NS(=O)(=O)N2CCCC2)c1F)c1c[nH]c2ncc(-c3cc(N4CCOCC4)ncn3)cc12. The third kappa shape index (κ3) is 4.95. The Labute approximate surface area is 224 Å². The number of H-pyrrole nitrogens is 1. The van der Waals surface area contributed by atoms with Crippen molar-refractivity contribution in [1.29, 1.82) is 0 Å². The van der Waals surface area contributed by atoms with Gasteiger partial charge in [0, 0.05) is 61.2 Å². The maximum atomic E-state index is 15.5. The van der Waals surface area contributed by atoms with Gasteiger partial charge in [-0.2, -0.15) is 12.7 Å². The molecule has 0 spiro atoms. The molecule has 0 aliphatic carbocycles. The predicted molar refractivity (Wildman–Crippen MR) is 143 cm³/mol. The molecule has 5 heterocycles. The second kappa shape index (κ2) is 10.3. The van der Waals surface area contributed by atoms with E-state index < -0.39 is 21.8 Å². The van der Waals surface area contributed by atoms with E-state index in [0.29, 0.717) is 48.6 Å².